The lowest BCUT2D eigenvalue weighted by atomic mass is 10.0. The van der Waals surface area contributed by atoms with E-state index in [0.717, 1.165) is 45.6 Å². The Balaban J connectivity index is 1.56. The zero-order chi connectivity index (χ0) is 19.3. The van der Waals surface area contributed by atoms with Gasteiger partial charge in [0.1, 0.15) is 0 Å². The van der Waals surface area contributed by atoms with Crippen LogP contribution in [0.2, 0.25) is 0 Å². The number of rotatable bonds is 6. The van der Waals surface area contributed by atoms with Gasteiger partial charge in [0, 0.05) is 38.4 Å². The van der Waals surface area contributed by atoms with Crippen molar-refractivity contribution in [3.63, 3.8) is 0 Å². The smallest absolute Gasteiger partial charge is 0.331 e. The highest BCUT2D eigenvalue weighted by molar-refractivity contribution is 7.19. The van der Waals surface area contributed by atoms with Crippen molar-refractivity contribution in [3.8, 4) is 11.5 Å². The Kier molecular flexibility index (Phi) is 4.12. The van der Waals surface area contributed by atoms with Crippen LogP contribution in [-0.4, -0.2) is 27.0 Å². The van der Waals surface area contributed by atoms with E-state index in [-0.39, 0.29) is 17.8 Å². The standard InChI is InChI=1S/C21H18N2O4S/c24-15(12-5-3-6-13(12)21(25)26)10-17-18(14-4-1-2-7-16(14)28-17)20-22-19(23-27-20)11-8-9-11/h1-2,4,7,11H,3,5-6,8-10H2,(H,25,26). The molecule has 1 N–H and O–H groups in total. The fourth-order valence-electron chi connectivity index (χ4n) is 3.84. The minimum absolute atomic E-state index is 0.121. The molecule has 6 nitrogen and oxygen atoms in total. The quantitative estimate of drug-likeness (QED) is 0.661. The first kappa shape index (κ1) is 17.3. The molecule has 7 heteroatoms. The van der Waals surface area contributed by atoms with Gasteiger partial charge in [-0.1, -0.05) is 23.4 Å². The molecule has 0 unspecified atom stereocenters. The van der Waals surface area contributed by atoms with Crippen LogP contribution >= 0.6 is 11.3 Å². The summed E-state index contributed by atoms with van der Waals surface area (Å²) in [6.07, 6.45) is 4.04. The average Bonchev–Trinajstić information content (AvgIpc) is 3.10. The number of carbonyl (C=O) groups is 2. The van der Waals surface area contributed by atoms with Gasteiger partial charge in [0.2, 0.25) is 0 Å². The molecule has 0 bridgehead atoms. The number of carboxylic acid groups (broad SMARTS) is 1. The fraction of sp³-hybridized carbons (Fsp3) is 0.333. The molecule has 2 aromatic heterocycles. The summed E-state index contributed by atoms with van der Waals surface area (Å²) in [6.45, 7) is 0. The Morgan fingerprint density at radius 1 is 1.18 bits per heavy atom. The molecule has 0 amide bonds. The predicted octanol–water partition coefficient (Wildman–Crippen LogP) is 4.51. The zero-order valence-corrected chi connectivity index (χ0v) is 15.9. The van der Waals surface area contributed by atoms with Crippen LogP contribution in [0.1, 0.15) is 48.7 Å². The summed E-state index contributed by atoms with van der Waals surface area (Å²) in [6, 6.07) is 7.91. The second-order valence-corrected chi connectivity index (χ2v) is 8.48. The van der Waals surface area contributed by atoms with E-state index < -0.39 is 5.97 Å². The summed E-state index contributed by atoms with van der Waals surface area (Å²) in [7, 11) is 0. The molecule has 0 saturated heterocycles. The first-order valence-corrected chi connectivity index (χ1v) is 10.3. The molecule has 2 aliphatic rings. The molecule has 0 aliphatic heterocycles. The van der Waals surface area contributed by atoms with Crippen molar-refractivity contribution in [1.29, 1.82) is 0 Å². The Labute approximate surface area is 164 Å². The minimum atomic E-state index is -0.983. The third-order valence-corrected chi connectivity index (χ3v) is 6.57. The maximum Gasteiger partial charge on any atom is 0.331 e. The molecule has 2 heterocycles. The Bertz CT molecular complexity index is 1140. The lowest BCUT2D eigenvalue weighted by Crippen LogP contribution is -2.10. The largest absolute Gasteiger partial charge is 0.478 e. The van der Waals surface area contributed by atoms with Crippen molar-refractivity contribution in [2.45, 2.75) is 44.4 Å². The maximum atomic E-state index is 12.9. The molecule has 142 valence electrons. The van der Waals surface area contributed by atoms with Crippen molar-refractivity contribution in [1.82, 2.24) is 10.1 Å². The minimum Gasteiger partial charge on any atom is -0.478 e. The van der Waals surface area contributed by atoms with Crippen molar-refractivity contribution in [2.24, 2.45) is 0 Å². The fourth-order valence-corrected chi connectivity index (χ4v) is 5.03. The highest BCUT2D eigenvalue weighted by atomic mass is 32.1. The number of carboxylic acids is 1. The maximum absolute atomic E-state index is 12.9. The molecule has 1 fully saturated rings. The summed E-state index contributed by atoms with van der Waals surface area (Å²) in [4.78, 5) is 29.8. The number of allylic oxidation sites excluding steroid dienone is 1. The molecule has 1 saturated carbocycles. The molecule has 3 aromatic rings. The van der Waals surface area contributed by atoms with E-state index in [1.165, 1.54) is 11.3 Å². The van der Waals surface area contributed by atoms with Crippen LogP contribution in [0.4, 0.5) is 0 Å². The molecule has 0 spiro atoms. The van der Waals surface area contributed by atoms with Crippen LogP contribution in [-0.2, 0) is 16.0 Å². The molecule has 0 atom stereocenters. The molecule has 1 aromatic carbocycles. The van der Waals surface area contributed by atoms with Crippen LogP contribution in [0.15, 0.2) is 39.9 Å². The summed E-state index contributed by atoms with van der Waals surface area (Å²) in [5.41, 5.74) is 1.53. The van der Waals surface area contributed by atoms with Crippen molar-refractivity contribution < 1.29 is 19.2 Å². The van der Waals surface area contributed by atoms with Gasteiger partial charge >= 0.3 is 5.97 Å². The van der Waals surface area contributed by atoms with Crippen LogP contribution in [0.5, 0.6) is 0 Å². The van der Waals surface area contributed by atoms with Crippen LogP contribution in [0.25, 0.3) is 21.5 Å². The first-order valence-electron chi connectivity index (χ1n) is 9.44. The van der Waals surface area contributed by atoms with Crippen LogP contribution < -0.4 is 0 Å². The van der Waals surface area contributed by atoms with E-state index in [1.807, 2.05) is 24.3 Å². The monoisotopic (exact) mass is 394 g/mol. The van der Waals surface area contributed by atoms with E-state index in [0.29, 0.717) is 30.2 Å². The number of hydrogen-bond donors (Lipinski definition) is 1. The summed E-state index contributed by atoms with van der Waals surface area (Å²) in [5, 5.41) is 14.5. The molecular weight excluding hydrogens is 376 g/mol. The molecular formula is C21H18N2O4S. The number of thiophene rings is 1. The van der Waals surface area contributed by atoms with E-state index >= 15 is 0 Å². The number of carbonyl (C=O) groups excluding carboxylic acids is 1. The highest BCUT2D eigenvalue weighted by Crippen LogP contribution is 2.42. The number of ketones is 1. The van der Waals surface area contributed by atoms with E-state index in [2.05, 4.69) is 10.1 Å². The zero-order valence-electron chi connectivity index (χ0n) is 15.1. The summed E-state index contributed by atoms with van der Waals surface area (Å²) < 4.78 is 6.60. The summed E-state index contributed by atoms with van der Waals surface area (Å²) >= 11 is 1.53. The number of Topliss-reactive ketones (excluding diaryl/α,β-unsaturated/α-hetero) is 1. The van der Waals surface area contributed by atoms with Gasteiger partial charge in [0.05, 0.1) is 5.56 Å². The Hall–Kier alpha value is -2.80. The number of aliphatic carboxylic acids is 1. The average molecular weight is 394 g/mol. The Morgan fingerprint density at radius 2 is 1.96 bits per heavy atom. The lowest BCUT2D eigenvalue weighted by Gasteiger charge is -2.04. The third kappa shape index (κ3) is 2.96. The van der Waals surface area contributed by atoms with Gasteiger partial charge in [-0.25, -0.2) is 4.79 Å². The predicted molar refractivity (Wildman–Crippen MR) is 104 cm³/mol. The summed E-state index contributed by atoms with van der Waals surface area (Å²) in [5.74, 6) is 0.456. The molecule has 0 radical (unpaired) electrons. The normalized spacial score (nSPS) is 16.9. The van der Waals surface area contributed by atoms with Gasteiger partial charge in [-0.2, -0.15) is 4.98 Å². The van der Waals surface area contributed by atoms with Crippen molar-refractivity contribution in [3.05, 3.63) is 46.1 Å². The van der Waals surface area contributed by atoms with Gasteiger partial charge in [-0.3, -0.25) is 4.79 Å². The Morgan fingerprint density at radius 3 is 2.75 bits per heavy atom. The van der Waals surface area contributed by atoms with Gasteiger partial charge < -0.3 is 9.63 Å². The number of benzene rings is 1. The van der Waals surface area contributed by atoms with E-state index in [4.69, 9.17) is 4.52 Å². The van der Waals surface area contributed by atoms with Gasteiger partial charge in [-0.05, 0) is 38.2 Å². The SMILES string of the molecule is O=C(O)C1=C(C(=O)Cc2sc3ccccc3c2-c2nc(C3CC3)no2)CCC1. The van der Waals surface area contributed by atoms with Crippen molar-refractivity contribution in [2.75, 3.05) is 0 Å². The van der Waals surface area contributed by atoms with Gasteiger partial charge in [0.15, 0.2) is 11.6 Å². The molecule has 2 aliphatic carbocycles. The van der Waals surface area contributed by atoms with Crippen LogP contribution in [0, 0.1) is 0 Å². The van der Waals surface area contributed by atoms with E-state index in [1.54, 1.807) is 0 Å². The number of hydrogen-bond acceptors (Lipinski definition) is 6. The number of aromatic nitrogens is 2. The topological polar surface area (TPSA) is 93.3 Å². The van der Waals surface area contributed by atoms with E-state index in [9.17, 15) is 14.7 Å². The second kappa shape index (κ2) is 6.67. The first-order chi connectivity index (χ1) is 13.6. The lowest BCUT2D eigenvalue weighted by molar-refractivity contribution is -0.133. The van der Waals surface area contributed by atoms with Crippen LogP contribution in [0.3, 0.4) is 0 Å². The molecule has 5 rings (SSSR count). The highest BCUT2D eigenvalue weighted by Gasteiger charge is 2.31. The number of nitrogens with zero attached hydrogens (tertiary/aromatic N) is 2. The second-order valence-electron chi connectivity index (χ2n) is 7.34. The molecule has 28 heavy (non-hydrogen) atoms. The van der Waals surface area contributed by atoms with Crippen molar-refractivity contribution >= 4 is 33.2 Å². The van der Waals surface area contributed by atoms with Gasteiger partial charge in [0.25, 0.3) is 5.89 Å². The third-order valence-electron chi connectivity index (χ3n) is 5.40. The number of fused-ring (bicyclic) bond motifs is 1. The van der Waals surface area contributed by atoms with Gasteiger partial charge in [-0.15, -0.1) is 11.3 Å².